The van der Waals surface area contributed by atoms with Crippen LogP contribution in [0.3, 0.4) is 0 Å². The predicted octanol–water partition coefficient (Wildman–Crippen LogP) is 2.93. The van der Waals surface area contributed by atoms with Crippen LogP contribution in [-0.4, -0.2) is 61.1 Å². The molecule has 2 bridgehead atoms. The number of guanidine groups is 1. The van der Waals surface area contributed by atoms with E-state index in [1.54, 1.807) is 0 Å². The van der Waals surface area contributed by atoms with Crippen molar-refractivity contribution >= 4 is 41.7 Å². The van der Waals surface area contributed by atoms with Gasteiger partial charge in [0.1, 0.15) is 0 Å². The zero-order valence-corrected chi connectivity index (χ0v) is 17.5. The molecule has 2 heterocycles. The first kappa shape index (κ1) is 20.4. The number of fused-ring (bicyclic) bond motifs is 2. The molecule has 0 aliphatic carbocycles. The van der Waals surface area contributed by atoms with Crippen LogP contribution >= 0.6 is 35.7 Å². The second kappa shape index (κ2) is 11.0. The molecule has 2 saturated heterocycles. The van der Waals surface area contributed by atoms with Crippen molar-refractivity contribution in [3.8, 4) is 0 Å². The molecule has 2 unspecified atom stereocenters. The van der Waals surface area contributed by atoms with Crippen LogP contribution in [0.15, 0.2) is 4.99 Å². The monoisotopic (exact) mass is 440 g/mol. The van der Waals surface area contributed by atoms with Crippen LogP contribution in [-0.2, 0) is 0 Å². The Morgan fingerprint density at radius 1 is 1.27 bits per heavy atom. The van der Waals surface area contributed by atoms with Gasteiger partial charge in [-0.25, -0.2) is 0 Å². The highest BCUT2D eigenvalue weighted by Gasteiger charge is 2.36. The number of piperidine rings is 2. The van der Waals surface area contributed by atoms with Crippen molar-refractivity contribution in [2.45, 2.75) is 63.6 Å². The summed E-state index contributed by atoms with van der Waals surface area (Å²) in [6.45, 7) is 4.01. The summed E-state index contributed by atoms with van der Waals surface area (Å²) < 4.78 is 0. The molecule has 0 aromatic heterocycles. The van der Waals surface area contributed by atoms with E-state index in [1.165, 1.54) is 37.9 Å². The molecule has 0 aromatic carbocycles. The number of halogens is 1. The van der Waals surface area contributed by atoms with Crippen molar-refractivity contribution in [1.82, 2.24) is 15.5 Å². The molecule has 2 aliphatic heterocycles. The molecule has 6 heteroatoms. The van der Waals surface area contributed by atoms with Crippen LogP contribution in [0.4, 0.5) is 0 Å². The van der Waals surface area contributed by atoms with E-state index in [1.807, 2.05) is 11.8 Å². The molecule has 0 amide bonds. The van der Waals surface area contributed by atoms with Crippen LogP contribution in [0, 0.1) is 0 Å². The fraction of sp³-hybridized carbons (Fsp3) is 0.938. The molecule has 2 N–H and O–H groups in total. The molecule has 0 spiro atoms. The average Bonchev–Trinajstić information content (AvgIpc) is 2.45. The van der Waals surface area contributed by atoms with Gasteiger partial charge in [-0.05, 0) is 58.1 Å². The minimum absolute atomic E-state index is 0. The molecule has 0 saturated carbocycles. The second-order valence-corrected chi connectivity index (χ2v) is 7.31. The van der Waals surface area contributed by atoms with E-state index in [0.29, 0.717) is 6.04 Å². The minimum Gasteiger partial charge on any atom is -0.357 e. The van der Waals surface area contributed by atoms with Crippen LogP contribution in [0.25, 0.3) is 0 Å². The molecule has 2 aliphatic rings. The zero-order chi connectivity index (χ0) is 15.1. The SMILES string of the molecule is CCNC(=NCCCSC)NC1CC2CCCC(C1)N2C.I. The largest absolute Gasteiger partial charge is 0.357 e. The van der Waals surface area contributed by atoms with E-state index in [-0.39, 0.29) is 24.0 Å². The summed E-state index contributed by atoms with van der Waals surface area (Å²) in [5.74, 6) is 2.22. The molecule has 2 atom stereocenters. The topological polar surface area (TPSA) is 39.7 Å². The molecular formula is C16H33IN4S. The summed E-state index contributed by atoms with van der Waals surface area (Å²) in [7, 11) is 2.31. The highest BCUT2D eigenvalue weighted by Crippen LogP contribution is 2.32. The van der Waals surface area contributed by atoms with Gasteiger partial charge in [0.15, 0.2) is 5.96 Å². The van der Waals surface area contributed by atoms with Crippen LogP contribution in [0.2, 0.25) is 0 Å². The lowest BCUT2D eigenvalue weighted by Gasteiger charge is -2.47. The number of thioether (sulfide) groups is 1. The number of aliphatic imine (C=N–C) groups is 1. The Kier molecular flexibility index (Phi) is 10.1. The van der Waals surface area contributed by atoms with Crippen LogP contribution in [0.1, 0.15) is 45.4 Å². The van der Waals surface area contributed by atoms with E-state index in [0.717, 1.165) is 37.6 Å². The lowest BCUT2D eigenvalue weighted by Crippen LogP contribution is -2.56. The third kappa shape index (κ3) is 6.07. The summed E-state index contributed by atoms with van der Waals surface area (Å²) >= 11 is 1.90. The van der Waals surface area contributed by atoms with Crippen molar-refractivity contribution in [3.05, 3.63) is 0 Å². The van der Waals surface area contributed by atoms with Gasteiger partial charge in [0.2, 0.25) is 0 Å². The van der Waals surface area contributed by atoms with Crippen molar-refractivity contribution < 1.29 is 0 Å². The Morgan fingerprint density at radius 2 is 1.95 bits per heavy atom. The second-order valence-electron chi connectivity index (χ2n) is 6.32. The average molecular weight is 440 g/mol. The standard InChI is InChI=1S/C16H32N4S.HI/c1-4-17-16(18-9-6-10-21-3)19-13-11-14-7-5-8-15(12-13)20(14)2;/h13-15H,4-12H2,1-3H3,(H2,17,18,19);1H. The Morgan fingerprint density at radius 3 is 2.55 bits per heavy atom. The molecule has 2 fully saturated rings. The summed E-state index contributed by atoms with van der Waals surface area (Å²) in [5, 5.41) is 7.09. The number of rotatable bonds is 6. The zero-order valence-electron chi connectivity index (χ0n) is 14.3. The number of nitrogens with one attached hydrogen (secondary N) is 2. The third-order valence-corrected chi connectivity index (χ3v) is 5.50. The molecule has 22 heavy (non-hydrogen) atoms. The van der Waals surface area contributed by atoms with Gasteiger partial charge in [0.05, 0.1) is 0 Å². The maximum atomic E-state index is 4.73. The first-order valence-electron chi connectivity index (χ1n) is 8.50. The van der Waals surface area contributed by atoms with Gasteiger partial charge in [-0.3, -0.25) is 4.99 Å². The molecular weight excluding hydrogens is 407 g/mol. The van der Waals surface area contributed by atoms with E-state index in [9.17, 15) is 0 Å². The van der Waals surface area contributed by atoms with Gasteiger partial charge in [-0.15, -0.1) is 24.0 Å². The third-order valence-electron chi connectivity index (χ3n) is 4.80. The fourth-order valence-corrected chi connectivity index (χ4v) is 4.06. The van der Waals surface area contributed by atoms with Crippen LogP contribution in [0.5, 0.6) is 0 Å². The molecule has 2 rings (SSSR count). The predicted molar refractivity (Wildman–Crippen MR) is 110 cm³/mol. The first-order chi connectivity index (χ1) is 10.2. The van der Waals surface area contributed by atoms with Crippen molar-refractivity contribution in [2.75, 3.05) is 32.1 Å². The van der Waals surface area contributed by atoms with Crippen molar-refractivity contribution in [2.24, 2.45) is 4.99 Å². The maximum absolute atomic E-state index is 4.73. The lowest BCUT2D eigenvalue weighted by atomic mass is 9.82. The van der Waals surface area contributed by atoms with Gasteiger partial charge < -0.3 is 15.5 Å². The van der Waals surface area contributed by atoms with E-state index >= 15 is 0 Å². The Balaban J connectivity index is 0.00000242. The van der Waals surface area contributed by atoms with Gasteiger partial charge in [-0.1, -0.05) is 6.42 Å². The van der Waals surface area contributed by atoms with Crippen molar-refractivity contribution in [3.63, 3.8) is 0 Å². The Hall–Kier alpha value is 0.310. The number of hydrogen-bond acceptors (Lipinski definition) is 3. The van der Waals surface area contributed by atoms with E-state index in [4.69, 9.17) is 4.99 Å². The van der Waals surface area contributed by atoms with Gasteiger partial charge in [-0.2, -0.15) is 11.8 Å². The maximum Gasteiger partial charge on any atom is 0.191 e. The van der Waals surface area contributed by atoms with E-state index < -0.39 is 0 Å². The van der Waals surface area contributed by atoms with E-state index in [2.05, 4.69) is 35.8 Å². The smallest absolute Gasteiger partial charge is 0.191 e. The quantitative estimate of drug-likeness (QED) is 0.289. The minimum atomic E-state index is 0. The normalized spacial score (nSPS) is 28.9. The molecule has 0 radical (unpaired) electrons. The van der Waals surface area contributed by atoms with Crippen molar-refractivity contribution in [1.29, 1.82) is 0 Å². The molecule has 130 valence electrons. The summed E-state index contributed by atoms with van der Waals surface area (Å²) in [6.07, 6.45) is 10.00. The summed E-state index contributed by atoms with van der Waals surface area (Å²) in [4.78, 5) is 7.34. The molecule has 4 nitrogen and oxygen atoms in total. The summed E-state index contributed by atoms with van der Waals surface area (Å²) in [6, 6.07) is 2.14. The Labute approximate surface area is 157 Å². The van der Waals surface area contributed by atoms with Crippen LogP contribution < -0.4 is 10.6 Å². The highest BCUT2D eigenvalue weighted by molar-refractivity contribution is 14.0. The van der Waals surface area contributed by atoms with Gasteiger partial charge >= 0.3 is 0 Å². The molecule has 0 aromatic rings. The first-order valence-corrected chi connectivity index (χ1v) is 9.89. The number of nitrogens with zero attached hydrogens (tertiary/aromatic N) is 2. The van der Waals surface area contributed by atoms with Gasteiger partial charge in [0, 0.05) is 31.2 Å². The highest BCUT2D eigenvalue weighted by atomic mass is 127. The number of hydrogen-bond donors (Lipinski definition) is 2. The lowest BCUT2D eigenvalue weighted by molar-refractivity contribution is 0.0526. The van der Waals surface area contributed by atoms with Gasteiger partial charge in [0.25, 0.3) is 0 Å². The Bertz CT molecular complexity index is 326. The fourth-order valence-electron chi connectivity index (χ4n) is 3.65. The summed E-state index contributed by atoms with van der Waals surface area (Å²) in [5.41, 5.74) is 0.